The van der Waals surface area contributed by atoms with Crippen LogP contribution in [-0.2, 0) is 13.0 Å². The van der Waals surface area contributed by atoms with E-state index in [-0.39, 0.29) is 11.4 Å². The quantitative estimate of drug-likeness (QED) is 0.718. The summed E-state index contributed by atoms with van der Waals surface area (Å²) in [6, 6.07) is 0. The molecule has 0 radical (unpaired) electrons. The van der Waals surface area contributed by atoms with Gasteiger partial charge in [0.05, 0.1) is 24.1 Å². The van der Waals surface area contributed by atoms with Crippen molar-refractivity contribution in [1.82, 2.24) is 0 Å². The number of hydrogen-bond donors (Lipinski definition) is 1. The molecule has 0 aromatic heterocycles. The van der Waals surface area contributed by atoms with E-state index >= 15 is 0 Å². The zero-order valence-electron chi connectivity index (χ0n) is 16.5. The summed E-state index contributed by atoms with van der Waals surface area (Å²) >= 11 is 1.79. The minimum Gasteiger partial charge on any atom is -0.414 e. The van der Waals surface area contributed by atoms with E-state index in [0.29, 0.717) is 28.8 Å². The summed E-state index contributed by atoms with van der Waals surface area (Å²) in [5.74, 6) is 0.733. The van der Waals surface area contributed by atoms with Crippen LogP contribution in [0.1, 0.15) is 55.4 Å². The van der Waals surface area contributed by atoms with E-state index in [4.69, 9.17) is 13.0 Å². The monoisotopic (exact) mass is 392 g/mol. The normalized spacial score (nSPS) is 33.1. The van der Waals surface area contributed by atoms with Crippen LogP contribution >= 0.6 is 11.8 Å². The highest BCUT2D eigenvalue weighted by Crippen LogP contribution is 2.48. The molecule has 0 aromatic rings. The van der Waals surface area contributed by atoms with Crippen molar-refractivity contribution in [3.8, 4) is 0 Å². The summed E-state index contributed by atoms with van der Waals surface area (Å²) in [5, 5.41) is 10.7. The van der Waals surface area contributed by atoms with Crippen molar-refractivity contribution in [2.75, 3.05) is 12.4 Å². The molecule has 2 aliphatic heterocycles. The van der Waals surface area contributed by atoms with Gasteiger partial charge < -0.3 is 18.1 Å². The third kappa shape index (κ3) is 3.55. The maximum atomic E-state index is 10.5. The van der Waals surface area contributed by atoms with Crippen molar-refractivity contribution in [2.24, 2.45) is 0 Å². The Morgan fingerprint density at radius 2 is 1.38 bits per heavy atom. The Morgan fingerprint density at radius 1 is 0.875 bits per heavy atom. The average Bonchev–Trinajstić information content (AvgIpc) is 2.77. The molecule has 2 saturated heterocycles. The first kappa shape index (κ1) is 20.9. The van der Waals surface area contributed by atoms with Gasteiger partial charge in [-0.15, -0.1) is 0 Å². The molecule has 0 saturated carbocycles. The molecule has 7 heteroatoms. The van der Waals surface area contributed by atoms with Gasteiger partial charge in [0.1, 0.15) is 0 Å². The van der Waals surface area contributed by atoms with Gasteiger partial charge in [0.2, 0.25) is 0 Å². The predicted octanol–water partition coefficient (Wildman–Crippen LogP) is 4.42. The number of aliphatic hydroxyl groups excluding tert-OH is 1. The maximum absolute atomic E-state index is 10.5. The number of aliphatic hydroxyl groups is 1. The van der Waals surface area contributed by atoms with Crippen LogP contribution in [-0.4, -0.2) is 52.0 Å². The third-order valence-corrected chi connectivity index (χ3v) is 17.2. The van der Waals surface area contributed by atoms with E-state index < -0.39 is 23.2 Å². The van der Waals surface area contributed by atoms with Gasteiger partial charge in [0, 0.05) is 5.75 Å². The number of thioether (sulfide) groups is 1. The molecule has 3 unspecified atom stereocenters. The molecule has 24 heavy (non-hydrogen) atoms. The van der Waals surface area contributed by atoms with Gasteiger partial charge in [-0.25, -0.2) is 0 Å². The first-order valence-electron chi connectivity index (χ1n) is 9.38. The molecule has 0 aliphatic carbocycles. The molecule has 0 spiro atoms. The molecule has 142 valence electrons. The molecule has 2 heterocycles. The fourth-order valence-electron chi connectivity index (χ4n) is 4.10. The zero-order chi connectivity index (χ0) is 18.3. The van der Waals surface area contributed by atoms with E-state index in [1.807, 2.05) is 0 Å². The average molecular weight is 393 g/mol. The van der Waals surface area contributed by atoms with Crippen LogP contribution < -0.4 is 0 Å². The standard InChI is InChI=1S/C17H36O4SSi2/c1-11(2)23(12(3)4)19-9-16-17(15(18)10-22-16)20-24(21-23,13(5)6)14(7)8/h11-18H,9-10H2,1-8H3. The SMILES string of the molecule is CC(C)[Si]1(C(C)C)OCC2SCC(O)C2O[Si](C(C)C)(C(C)C)O1. The first-order chi connectivity index (χ1) is 11.1. The Labute approximate surface area is 154 Å². The van der Waals surface area contributed by atoms with Crippen LogP contribution in [0.2, 0.25) is 22.2 Å². The summed E-state index contributed by atoms with van der Waals surface area (Å²) < 4.78 is 20.5. The lowest BCUT2D eigenvalue weighted by Gasteiger charge is -2.51. The molecule has 1 N–H and O–H groups in total. The van der Waals surface area contributed by atoms with Gasteiger partial charge >= 0.3 is 17.1 Å². The summed E-state index contributed by atoms with van der Waals surface area (Å²) in [6.07, 6.45) is -0.568. The first-order valence-corrected chi connectivity index (χ1v) is 14.4. The van der Waals surface area contributed by atoms with Gasteiger partial charge in [-0.3, -0.25) is 0 Å². The highest BCUT2D eigenvalue weighted by Gasteiger charge is 2.60. The number of rotatable bonds is 4. The van der Waals surface area contributed by atoms with Crippen LogP contribution in [0.3, 0.4) is 0 Å². The van der Waals surface area contributed by atoms with Crippen molar-refractivity contribution in [2.45, 2.75) is 95.0 Å². The van der Waals surface area contributed by atoms with Crippen LogP contribution in [0.15, 0.2) is 0 Å². The van der Waals surface area contributed by atoms with Crippen LogP contribution in [0.5, 0.6) is 0 Å². The second-order valence-electron chi connectivity index (χ2n) is 8.50. The van der Waals surface area contributed by atoms with E-state index in [2.05, 4.69) is 55.4 Å². The molecular formula is C17H36O4SSi2. The Balaban J connectivity index is 2.51. The van der Waals surface area contributed by atoms with Gasteiger partial charge in [-0.05, 0) is 22.2 Å². The summed E-state index contributed by atoms with van der Waals surface area (Å²) in [5.41, 5.74) is 1.39. The van der Waals surface area contributed by atoms with Crippen molar-refractivity contribution in [3.05, 3.63) is 0 Å². The Hall–Kier alpha value is 0.624. The molecule has 3 atom stereocenters. The van der Waals surface area contributed by atoms with Crippen molar-refractivity contribution in [3.63, 3.8) is 0 Å². The fourth-order valence-corrected chi connectivity index (χ4v) is 16.8. The Bertz CT molecular complexity index is 415. The minimum atomic E-state index is -2.55. The molecule has 2 aliphatic rings. The minimum absolute atomic E-state index is 0.155. The van der Waals surface area contributed by atoms with Crippen LogP contribution in [0.25, 0.3) is 0 Å². The largest absolute Gasteiger partial charge is 0.414 e. The molecule has 0 amide bonds. The number of hydrogen-bond acceptors (Lipinski definition) is 5. The molecule has 0 bridgehead atoms. The van der Waals surface area contributed by atoms with Gasteiger partial charge in [-0.2, -0.15) is 11.8 Å². The second-order valence-corrected chi connectivity index (χ2v) is 18.6. The number of fused-ring (bicyclic) bond motifs is 1. The van der Waals surface area contributed by atoms with Crippen molar-refractivity contribution >= 4 is 28.9 Å². The molecule has 4 nitrogen and oxygen atoms in total. The highest BCUT2D eigenvalue weighted by atomic mass is 32.2. The van der Waals surface area contributed by atoms with Gasteiger partial charge in [0.15, 0.2) is 0 Å². The van der Waals surface area contributed by atoms with E-state index in [1.165, 1.54) is 0 Å². The predicted molar refractivity (Wildman–Crippen MR) is 106 cm³/mol. The Kier molecular flexibility index (Phi) is 6.72. The highest BCUT2D eigenvalue weighted by molar-refractivity contribution is 8.00. The smallest absolute Gasteiger partial charge is 0.335 e. The zero-order valence-corrected chi connectivity index (χ0v) is 19.4. The third-order valence-electron chi connectivity index (χ3n) is 5.56. The van der Waals surface area contributed by atoms with Gasteiger partial charge in [-0.1, -0.05) is 55.4 Å². The lowest BCUT2D eigenvalue weighted by Crippen LogP contribution is -2.65. The lowest BCUT2D eigenvalue weighted by atomic mass is 10.2. The topological polar surface area (TPSA) is 47.9 Å². The molecular weight excluding hydrogens is 356 g/mol. The maximum Gasteiger partial charge on any atom is 0.335 e. The Morgan fingerprint density at radius 3 is 1.83 bits per heavy atom. The molecule has 0 aromatic carbocycles. The van der Waals surface area contributed by atoms with Crippen LogP contribution in [0, 0.1) is 0 Å². The van der Waals surface area contributed by atoms with Crippen molar-refractivity contribution in [1.29, 1.82) is 0 Å². The fraction of sp³-hybridized carbons (Fsp3) is 1.00. The lowest BCUT2D eigenvalue weighted by molar-refractivity contribution is 0.00720. The van der Waals surface area contributed by atoms with E-state index in [1.54, 1.807) is 11.8 Å². The van der Waals surface area contributed by atoms with E-state index in [0.717, 1.165) is 5.75 Å². The molecule has 2 rings (SSSR count). The summed E-state index contributed by atoms with van der Waals surface area (Å²) in [6.45, 7) is 18.5. The van der Waals surface area contributed by atoms with Gasteiger partial charge in [0.25, 0.3) is 0 Å². The summed E-state index contributed by atoms with van der Waals surface area (Å²) in [4.78, 5) is 0. The van der Waals surface area contributed by atoms with Crippen LogP contribution in [0.4, 0.5) is 0 Å². The van der Waals surface area contributed by atoms with Crippen molar-refractivity contribution < 1.29 is 18.1 Å². The molecule has 2 fully saturated rings. The summed E-state index contributed by atoms with van der Waals surface area (Å²) in [7, 11) is -4.97. The second kappa shape index (κ2) is 7.70. The van der Waals surface area contributed by atoms with E-state index in [9.17, 15) is 5.11 Å².